The predicted molar refractivity (Wildman–Crippen MR) is 100 cm³/mol. The van der Waals surface area contributed by atoms with Crippen molar-refractivity contribution in [2.24, 2.45) is 22.4 Å². The van der Waals surface area contributed by atoms with Gasteiger partial charge in [0.2, 0.25) is 5.91 Å². The van der Waals surface area contributed by atoms with E-state index in [0.717, 1.165) is 6.42 Å². The molecule has 2 fully saturated rings. The molecule has 2 heterocycles. The standard InChI is InChI=1S/C18H24FN5O4/c19-15-12(11-28-18(26)22-17(20)21)2-1-3-14(15)23-5-7-24(8-6-23)16(25)13-4-9-27-10-13/h1-3,13H,4-11H2,(H4,20,21,22,26). The summed E-state index contributed by atoms with van der Waals surface area (Å²) >= 11 is 0. The Kier molecular flexibility index (Phi) is 6.30. The summed E-state index contributed by atoms with van der Waals surface area (Å²) in [4.78, 5) is 30.8. The van der Waals surface area contributed by atoms with E-state index in [1.54, 1.807) is 12.1 Å². The molecule has 0 saturated carbocycles. The zero-order valence-corrected chi connectivity index (χ0v) is 15.5. The average Bonchev–Trinajstić information content (AvgIpc) is 3.21. The number of guanidine groups is 1. The first-order valence-electron chi connectivity index (χ1n) is 9.11. The van der Waals surface area contributed by atoms with Crippen molar-refractivity contribution in [1.82, 2.24) is 4.90 Å². The van der Waals surface area contributed by atoms with Crippen LogP contribution in [0.4, 0.5) is 14.9 Å². The van der Waals surface area contributed by atoms with E-state index >= 15 is 0 Å². The second kappa shape index (κ2) is 8.87. The van der Waals surface area contributed by atoms with E-state index < -0.39 is 17.9 Å². The van der Waals surface area contributed by atoms with Gasteiger partial charge in [0.25, 0.3) is 0 Å². The molecule has 3 rings (SSSR count). The molecule has 2 aliphatic rings. The number of nitrogens with two attached hydrogens (primary N) is 2. The van der Waals surface area contributed by atoms with Crippen molar-refractivity contribution in [2.75, 3.05) is 44.3 Å². The summed E-state index contributed by atoms with van der Waals surface area (Å²) in [7, 11) is 0. The number of rotatable bonds is 4. The van der Waals surface area contributed by atoms with Crippen molar-refractivity contribution < 1.29 is 23.5 Å². The van der Waals surface area contributed by atoms with Gasteiger partial charge in [0.15, 0.2) is 11.8 Å². The van der Waals surface area contributed by atoms with Crippen LogP contribution in [0.25, 0.3) is 0 Å². The fourth-order valence-corrected chi connectivity index (χ4v) is 3.35. The number of nitrogens with zero attached hydrogens (tertiary/aromatic N) is 3. The number of hydrogen-bond acceptors (Lipinski definition) is 5. The minimum absolute atomic E-state index is 0.0634. The Morgan fingerprint density at radius 3 is 2.64 bits per heavy atom. The van der Waals surface area contributed by atoms with Crippen molar-refractivity contribution in [3.05, 3.63) is 29.6 Å². The molecule has 0 aliphatic carbocycles. The molecule has 4 N–H and O–H groups in total. The lowest BCUT2D eigenvalue weighted by atomic mass is 10.1. The molecule has 0 radical (unpaired) electrons. The van der Waals surface area contributed by atoms with Gasteiger partial charge in [0, 0.05) is 38.3 Å². The number of amides is 2. The van der Waals surface area contributed by atoms with Gasteiger partial charge in [-0.15, -0.1) is 4.99 Å². The molecule has 2 aliphatic heterocycles. The number of carbonyl (C=O) groups is 2. The largest absolute Gasteiger partial charge is 0.443 e. The predicted octanol–water partition coefficient (Wildman–Crippen LogP) is 0.421. The summed E-state index contributed by atoms with van der Waals surface area (Å²) in [5.41, 5.74) is 10.8. The van der Waals surface area contributed by atoms with E-state index in [2.05, 4.69) is 4.99 Å². The molecule has 10 heteroatoms. The Balaban J connectivity index is 1.59. The molecule has 1 aromatic rings. The highest BCUT2D eigenvalue weighted by atomic mass is 19.1. The van der Waals surface area contributed by atoms with E-state index in [0.29, 0.717) is 45.1 Å². The van der Waals surface area contributed by atoms with Crippen LogP contribution >= 0.6 is 0 Å². The molecule has 2 amide bonds. The van der Waals surface area contributed by atoms with Crippen molar-refractivity contribution in [3.8, 4) is 0 Å². The normalized spacial score (nSPS) is 19.4. The van der Waals surface area contributed by atoms with E-state index in [1.165, 1.54) is 6.07 Å². The molecule has 1 aromatic carbocycles. The minimum Gasteiger partial charge on any atom is -0.443 e. The highest BCUT2D eigenvalue weighted by molar-refractivity contribution is 5.87. The van der Waals surface area contributed by atoms with Gasteiger partial charge in [0.05, 0.1) is 18.2 Å². The van der Waals surface area contributed by atoms with E-state index in [-0.39, 0.29) is 24.0 Å². The van der Waals surface area contributed by atoms with Crippen LogP contribution in [0.5, 0.6) is 0 Å². The first kappa shape index (κ1) is 19.9. The van der Waals surface area contributed by atoms with Crippen LogP contribution in [0.3, 0.4) is 0 Å². The summed E-state index contributed by atoms with van der Waals surface area (Å²) in [5, 5.41) is 0. The first-order chi connectivity index (χ1) is 13.5. The Morgan fingerprint density at radius 2 is 2.00 bits per heavy atom. The van der Waals surface area contributed by atoms with E-state index in [1.807, 2.05) is 9.80 Å². The van der Waals surface area contributed by atoms with Crippen LogP contribution in [-0.4, -0.2) is 62.3 Å². The topological polar surface area (TPSA) is 123 Å². The summed E-state index contributed by atoms with van der Waals surface area (Å²) in [6.07, 6.45) is -0.221. The maximum Gasteiger partial charge on any atom is 0.437 e. The van der Waals surface area contributed by atoms with Gasteiger partial charge in [0.1, 0.15) is 6.61 Å². The van der Waals surface area contributed by atoms with Crippen molar-refractivity contribution in [2.45, 2.75) is 13.0 Å². The van der Waals surface area contributed by atoms with E-state index in [4.69, 9.17) is 20.9 Å². The van der Waals surface area contributed by atoms with Gasteiger partial charge < -0.3 is 30.7 Å². The number of aliphatic imine (C=N–C) groups is 1. The summed E-state index contributed by atoms with van der Waals surface area (Å²) < 4.78 is 25.0. The van der Waals surface area contributed by atoms with Crippen LogP contribution in [0.15, 0.2) is 23.2 Å². The smallest absolute Gasteiger partial charge is 0.437 e. The fraction of sp³-hybridized carbons (Fsp3) is 0.500. The quantitative estimate of drug-likeness (QED) is 0.561. The first-order valence-corrected chi connectivity index (χ1v) is 9.11. The number of carbonyl (C=O) groups excluding carboxylic acids is 2. The molecule has 1 atom stereocenters. The molecule has 2 saturated heterocycles. The summed E-state index contributed by atoms with van der Waals surface area (Å²) in [6, 6.07) is 4.88. The molecule has 0 bridgehead atoms. The Labute approximate surface area is 162 Å². The van der Waals surface area contributed by atoms with Gasteiger partial charge in [-0.2, -0.15) is 0 Å². The van der Waals surface area contributed by atoms with E-state index in [9.17, 15) is 14.0 Å². The third kappa shape index (κ3) is 4.69. The Hall–Kier alpha value is -2.88. The van der Waals surface area contributed by atoms with Gasteiger partial charge in [-0.3, -0.25) is 4.79 Å². The van der Waals surface area contributed by atoms with Gasteiger partial charge in [-0.1, -0.05) is 12.1 Å². The highest BCUT2D eigenvalue weighted by Gasteiger charge is 2.30. The summed E-state index contributed by atoms with van der Waals surface area (Å²) in [6.45, 7) is 2.92. The average molecular weight is 393 g/mol. The summed E-state index contributed by atoms with van der Waals surface area (Å²) in [5.74, 6) is -0.843. The van der Waals surface area contributed by atoms with Crippen LogP contribution in [0, 0.1) is 11.7 Å². The lowest BCUT2D eigenvalue weighted by molar-refractivity contribution is -0.135. The van der Waals surface area contributed by atoms with Crippen molar-refractivity contribution >= 4 is 23.6 Å². The van der Waals surface area contributed by atoms with Crippen LogP contribution < -0.4 is 16.4 Å². The third-order valence-electron chi connectivity index (χ3n) is 4.84. The monoisotopic (exact) mass is 393 g/mol. The number of benzene rings is 1. The minimum atomic E-state index is -0.979. The highest BCUT2D eigenvalue weighted by Crippen LogP contribution is 2.25. The zero-order chi connectivity index (χ0) is 20.1. The lowest BCUT2D eigenvalue weighted by Crippen LogP contribution is -2.50. The van der Waals surface area contributed by atoms with Gasteiger partial charge >= 0.3 is 6.09 Å². The second-order valence-corrected chi connectivity index (χ2v) is 6.71. The van der Waals surface area contributed by atoms with Crippen molar-refractivity contribution in [1.29, 1.82) is 0 Å². The zero-order valence-electron chi connectivity index (χ0n) is 15.5. The molecular weight excluding hydrogens is 369 g/mol. The van der Waals surface area contributed by atoms with Crippen LogP contribution in [-0.2, 0) is 20.9 Å². The molecule has 152 valence electrons. The number of hydrogen-bond donors (Lipinski definition) is 2. The van der Waals surface area contributed by atoms with Gasteiger partial charge in [-0.05, 0) is 12.5 Å². The number of ether oxygens (including phenoxy) is 2. The fourth-order valence-electron chi connectivity index (χ4n) is 3.35. The molecule has 1 unspecified atom stereocenters. The van der Waals surface area contributed by atoms with Crippen LogP contribution in [0.1, 0.15) is 12.0 Å². The molecule has 0 aromatic heterocycles. The maximum atomic E-state index is 14.9. The number of anilines is 1. The second-order valence-electron chi connectivity index (χ2n) is 6.71. The lowest BCUT2D eigenvalue weighted by Gasteiger charge is -2.37. The Bertz CT molecular complexity index is 754. The Morgan fingerprint density at radius 1 is 1.25 bits per heavy atom. The maximum absolute atomic E-state index is 14.9. The number of halogens is 1. The van der Waals surface area contributed by atoms with Crippen molar-refractivity contribution in [3.63, 3.8) is 0 Å². The SMILES string of the molecule is NC(N)=NC(=O)OCc1cccc(N2CCN(C(=O)C3CCOC3)CC2)c1F. The van der Waals surface area contributed by atoms with Gasteiger partial charge in [-0.25, -0.2) is 9.18 Å². The third-order valence-corrected chi connectivity index (χ3v) is 4.84. The molecule has 9 nitrogen and oxygen atoms in total. The molecule has 0 spiro atoms. The van der Waals surface area contributed by atoms with Crippen LogP contribution in [0.2, 0.25) is 0 Å². The number of piperazine rings is 1. The molecule has 28 heavy (non-hydrogen) atoms. The molecular formula is C18H24FN5O4.